The minimum Gasteiger partial charge on any atom is -0.477 e. The standard InChI is InChI=1S/C39H43N3O8/c1-26(43)41-34-32(42(24-27-12-6-3-7-13-27)25-28-14-8-4-9-15-28)22-39(49-2,38(47)48)50-36(34)35(45)33(44)23-40-37(46)31-20-18-30(19-21-31)29-16-10-5-11-17-29/h3-21,32-36,44-45H,22-25H2,1-2H3,(H,40,46)(H,41,43)(H,47,48)/t32-,33+,34+,35+,36+,39+/m0/s1. The molecule has 11 nitrogen and oxygen atoms in total. The molecule has 1 saturated heterocycles. The molecule has 5 N–H and O–H groups in total. The Labute approximate surface area is 291 Å². The highest BCUT2D eigenvalue weighted by atomic mass is 16.7. The van der Waals surface area contributed by atoms with E-state index in [2.05, 4.69) is 10.6 Å². The molecule has 4 aromatic carbocycles. The Bertz CT molecular complexity index is 1670. The molecule has 0 aliphatic carbocycles. The zero-order valence-electron chi connectivity index (χ0n) is 28.0. The van der Waals surface area contributed by atoms with Crippen LogP contribution in [-0.4, -0.2) is 87.8 Å². The number of hydrogen-bond donors (Lipinski definition) is 5. The van der Waals surface area contributed by atoms with Gasteiger partial charge in [0, 0.05) is 51.7 Å². The number of aliphatic hydroxyl groups excluding tert-OH is 2. The Morgan fingerprint density at radius 2 is 1.36 bits per heavy atom. The van der Waals surface area contributed by atoms with Gasteiger partial charge < -0.3 is 35.4 Å². The second-order valence-electron chi connectivity index (χ2n) is 12.4. The molecule has 5 rings (SSSR count). The molecule has 0 spiro atoms. The highest BCUT2D eigenvalue weighted by Crippen LogP contribution is 2.36. The van der Waals surface area contributed by atoms with Gasteiger partial charge in [-0.2, -0.15) is 0 Å². The summed E-state index contributed by atoms with van der Waals surface area (Å²) < 4.78 is 11.5. The van der Waals surface area contributed by atoms with E-state index in [0.29, 0.717) is 18.7 Å². The molecular formula is C39H43N3O8. The van der Waals surface area contributed by atoms with Crippen molar-refractivity contribution in [1.29, 1.82) is 0 Å². The summed E-state index contributed by atoms with van der Waals surface area (Å²) in [5, 5.41) is 38.8. The van der Waals surface area contributed by atoms with Gasteiger partial charge in [0.05, 0.1) is 12.1 Å². The fourth-order valence-electron chi connectivity index (χ4n) is 6.38. The molecule has 0 saturated carbocycles. The third kappa shape index (κ3) is 8.81. The molecule has 1 aliphatic rings. The Kier molecular flexibility index (Phi) is 12.1. The van der Waals surface area contributed by atoms with Gasteiger partial charge in [-0.05, 0) is 34.4 Å². The Hall–Kier alpha value is -4.91. The molecule has 0 aromatic heterocycles. The minimum atomic E-state index is -2.22. The van der Waals surface area contributed by atoms with E-state index in [-0.39, 0.29) is 13.0 Å². The topological polar surface area (TPSA) is 158 Å². The second-order valence-corrected chi connectivity index (χ2v) is 12.4. The smallest absolute Gasteiger partial charge is 0.364 e. The van der Waals surface area contributed by atoms with Crippen LogP contribution in [0.4, 0.5) is 0 Å². The predicted molar refractivity (Wildman–Crippen MR) is 187 cm³/mol. The van der Waals surface area contributed by atoms with Gasteiger partial charge in [-0.25, -0.2) is 4.79 Å². The summed E-state index contributed by atoms with van der Waals surface area (Å²) in [5.74, 6) is -4.57. The van der Waals surface area contributed by atoms with Crippen molar-refractivity contribution in [3.63, 3.8) is 0 Å². The number of methoxy groups -OCH3 is 1. The molecule has 11 heteroatoms. The number of carboxylic acid groups (broad SMARTS) is 1. The van der Waals surface area contributed by atoms with Crippen molar-refractivity contribution in [2.75, 3.05) is 13.7 Å². The van der Waals surface area contributed by atoms with Crippen LogP contribution in [0.25, 0.3) is 11.1 Å². The first-order chi connectivity index (χ1) is 24.1. The summed E-state index contributed by atoms with van der Waals surface area (Å²) in [6.07, 6.45) is -5.03. The van der Waals surface area contributed by atoms with Crippen LogP contribution in [0.3, 0.4) is 0 Å². The lowest BCUT2D eigenvalue weighted by Gasteiger charge is -2.51. The van der Waals surface area contributed by atoms with E-state index in [1.54, 1.807) is 12.1 Å². The van der Waals surface area contributed by atoms with Crippen molar-refractivity contribution < 1.29 is 39.2 Å². The number of carbonyl (C=O) groups excluding carboxylic acids is 2. The number of nitrogens with zero attached hydrogens (tertiary/aromatic N) is 1. The van der Waals surface area contributed by atoms with Crippen LogP contribution in [0.2, 0.25) is 0 Å². The maximum atomic E-state index is 13.0. The minimum absolute atomic E-state index is 0.210. The maximum absolute atomic E-state index is 13.0. The van der Waals surface area contributed by atoms with Crippen LogP contribution >= 0.6 is 0 Å². The van der Waals surface area contributed by atoms with Crippen molar-refractivity contribution in [2.45, 2.75) is 62.6 Å². The van der Waals surface area contributed by atoms with Crippen LogP contribution in [0.15, 0.2) is 115 Å². The molecule has 2 amide bonds. The van der Waals surface area contributed by atoms with Gasteiger partial charge >= 0.3 is 5.97 Å². The molecule has 0 unspecified atom stereocenters. The highest BCUT2D eigenvalue weighted by molar-refractivity contribution is 5.94. The number of aliphatic hydroxyl groups is 2. The molecule has 6 atom stereocenters. The third-order valence-corrected chi connectivity index (χ3v) is 8.98. The van der Waals surface area contributed by atoms with E-state index in [0.717, 1.165) is 22.3 Å². The first-order valence-electron chi connectivity index (χ1n) is 16.5. The number of amides is 2. The number of carboxylic acids is 1. The Morgan fingerprint density at radius 3 is 1.86 bits per heavy atom. The van der Waals surface area contributed by atoms with Gasteiger partial charge in [0.2, 0.25) is 5.91 Å². The van der Waals surface area contributed by atoms with E-state index < -0.39 is 54.0 Å². The number of hydrogen-bond acceptors (Lipinski definition) is 8. The highest BCUT2D eigenvalue weighted by Gasteiger charge is 2.56. The SMILES string of the molecule is CO[C@]1(C(=O)O)C[C@H](N(Cc2ccccc2)Cc2ccccc2)[C@@H](NC(C)=O)[C@H]([C@H](O)[C@H](O)CNC(=O)c2ccc(-c3ccccc3)cc2)O1. The van der Waals surface area contributed by atoms with Gasteiger partial charge in [-0.3, -0.25) is 14.5 Å². The predicted octanol–water partition coefficient (Wildman–Crippen LogP) is 3.60. The molecule has 50 heavy (non-hydrogen) atoms. The number of carbonyl (C=O) groups is 3. The summed E-state index contributed by atoms with van der Waals surface area (Å²) in [6.45, 7) is 1.65. The van der Waals surface area contributed by atoms with Crippen LogP contribution in [0.5, 0.6) is 0 Å². The maximum Gasteiger partial charge on any atom is 0.364 e. The van der Waals surface area contributed by atoms with E-state index in [9.17, 15) is 29.7 Å². The lowest BCUT2D eigenvalue weighted by atomic mass is 9.85. The molecule has 0 radical (unpaired) electrons. The molecule has 0 bridgehead atoms. The van der Waals surface area contributed by atoms with Crippen molar-refractivity contribution >= 4 is 17.8 Å². The average molecular weight is 682 g/mol. The summed E-state index contributed by atoms with van der Waals surface area (Å²) in [5.41, 5.74) is 4.15. The summed E-state index contributed by atoms with van der Waals surface area (Å²) >= 11 is 0. The average Bonchev–Trinajstić information content (AvgIpc) is 3.14. The van der Waals surface area contributed by atoms with Gasteiger partial charge in [-0.15, -0.1) is 0 Å². The third-order valence-electron chi connectivity index (χ3n) is 8.98. The first kappa shape index (κ1) is 36.4. The summed E-state index contributed by atoms with van der Waals surface area (Å²) in [7, 11) is 1.20. The van der Waals surface area contributed by atoms with Gasteiger partial charge in [0.1, 0.15) is 12.2 Å². The number of ether oxygens (including phenoxy) is 2. The van der Waals surface area contributed by atoms with E-state index in [1.165, 1.54) is 14.0 Å². The van der Waals surface area contributed by atoms with E-state index in [4.69, 9.17) is 9.47 Å². The van der Waals surface area contributed by atoms with Crippen molar-refractivity contribution in [2.24, 2.45) is 0 Å². The largest absolute Gasteiger partial charge is 0.477 e. The Balaban J connectivity index is 1.41. The zero-order chi connectivity index (χ0) is 35.7. The number of rotatable bonds is 14. The lowest BCUT2D eigenvalue weighted by molar-refractivity contribution is -0.298. The van der Waals surface area contributed by atoms with Gasteiger partial charge in [-0.1, -0.05) is 103 Å². The van der Waals surface area contributed by atoms with E-state index >= 15 is 0 Å². The van der Waals surface area contributed by atoms with Crippen molar-refractivity contribution in [3.8, 4) is 11.1 Å². The fraction of sp³-hybridized carbons (Fsp3) is 0.308. The van der Waals surface area contributed by atoms with Crippen LogP contribution in [-0.2, 0) is 32.2 Å². The van der Waals surface area contributed by atoms with Gasteiger partial charge in [0.15, 0.2) is 0 Å². The van der Waals surface area contributed by atoms with Crippen LogP contribution in [0, 0.1) is 0 Å². The zero-order valence-corrected chi connectivity index (χ0v) is 28.0. The molecular weight excluding hydrogens is 638 g/mol. The Morgan fingerprint density at radius 1 is 0.840 bits per heavy atom. The number of benzene rings is 4. The number of aliphatic carboxylic acids is 1. The quantitative estimate of drug-likeness (QED) is 0.134. The molecule has 4 aromatic rings. The molecule has 262 valence electrons. The van der Waals surface area contributed by atoms with Crippen molar-refractivity contribution in [1.82, 2.24) is 15.5 Å². The molecule has 1 fully saturated rings. The molecule has 1 aliphatic heterocycles. The molecule has 1 heterocycles. The van der Waals surface area contributed by atoms with Crippen LogP contribution in [0.1, 0.15) is 34.8 Å². The van der Waals surface area contributed by atoms with Gasteiger partial charge in [0.25, 0.3) is 11.7 Å². The summed E-state index contributed by atoms with van der Waals surface area (Å²) in [4.78, 5) is 40.5. The van der Waals surface area contributed by atoms with Crippen LogP contribution < -0.4 is 10.6 Å². The fourth-order valence-corrected chi connectivity index (χ4v) is 6.38. The monoisotopic (exact) mass is 681 g/mol. The normalized spacial score (nSPS) is 21.6. The summed E-state index contributed by atoms with van der Waals surface area (Å²) in [6, 6.07) is 34.1. The first-order valence-corrected chi connectivity index (χ1v) is 16.5. The van der Waals surface area contributed by atoms with E-state index in [1.807, 2.05) is 108 Å². The van der Waals surface area contributed by atoms with Crippen molar-refractivity contribution in [3.05, 3.63) is 132 Å². The second kappa shape index (κ2) is 16.7. The number of nitrogens with one attached hydrogen (secondary N) is 2. The lowest BCUT2D eigenvalue weighted by Crippen LogP contribution is -2.70.